The van der Waals surface area contributed by atoms with Crippen molar-refractivity contribution in [3.05, 3.63) is 76.3 Å². The molecule has 1 aliphatic rings. The van der Waals surface area contributed by atoms with Crippen LogP contribution in [0.2, 0.25) is 0 Å². The van der Waals surface area contributed by atoms with Crippen LogP contribution in [0.15, 0.2) is 48.5 Å². The molecule has 4 rings (SSSR count). The van der Waals surface area contributed by atoms with Crippen molar-refractivity contribution < 1.29 is 33.6 Å². The summed E-state index contributed by atoms with van der Waals surface area (Å²) in [7, 11) is 1.60. The summed E-state index contributed by atoms with van der Waals surface area (Å²) in [6.45, 7) is 6.21. The molecule has 0 bridgehead atoms. The van der Waals surface area contributed by atoms with Crippen molar-refractivity contribution in [2.45, 2.75) is 33.3 Å². The van der Waals surface area contributed by atoms with E-state index in [-0.39, 0.29) is 25.0 Å². The van der Waals surface area contributed by atoms with E-state index in [1.807, 2.05) is 45.0 Å². The molecule has 8 heteroatoms. The molecule has 3 aromatic carbocycles. The van der Waals surface area contributed by atoms with E-state index in [2.05, 4.69) is 5.32 Å². The monoisotopic (exact) mass is 491 g/mol. The van der Waals surface area contributed by atoms with E-state index in [1.54, 1.807) is 31.4 Å². The second-order valence-electron chi connectivity index (χ2n) is 8.84. The summed E-state index contributed by atoms with van der Waals surface area (Å²) in [5, 5.41) is 12.0. The third kappa shape index (κ3) is 5.89. The Hall–Kier alpha value is -4.20. The summed E-state index contributed by atoms with van der Waals surface area (Å²) in [6, 6.07) is 14.3. The van der Waals surface area contributed by atoms with Crippen LogP contribution in [0.25, 0.3) is 0 Å². The first-order valence-corrected chi connectivity index (χ1v) is 11.6. The smallest absolute Gasteiger partial charge is 0.307 e. The average Bonchev–Trinajstić information content (AvgIpc) is 2.82. The minimum atomic E-state index is -0.922. The molecule has 36 heavy (non-hydrogen) atoms. The predicted octanol–water partition coefficient (Wildman–Crippen LogP) is 4.72. The summed E-state index contributed by atoms with van der Waals surface area (Å²) in [6.07, 6.45) is -0.405. The highest BCUT2D eigenvalue weighted by Crippen LogP contribution is 2.35. The van der Waals surface area contributed by atoms with Crippen LogP contribution in [0.3, 0.4) is 0 Å². The number of carboxylic acids is 1. The molecule has 0 saturated heterocycles. The average molecular weight is 492 g/mol. The number of ether oxygens (including phenoxy) is 4. The topological polar surface area (TPSA) is 103 Å². The summed E-state index contributed by atoms with van der Waals surface area (Å²) in [5.74, 6) is 1.42. The Kier molecular flexibility index (Phi) is 7.33. The number of aliphatic carboxylic acids is 1. The van der Waals surface area contributed by atoms with E-state index in [1.165, 1.54) is 0 Å². The minimum Gasteiger partial charge on any atom is -0.497 e. The Balaban J connectivity index is 1.42. The largest absolute Gasteiger partial charge is 0.497 e. The minimum absolute atomic E-state index is 0.108. The van der Waals surface area contributed by atoms with Gasteiger partial charge in [0.1, 0.15) is 24.7 Å². The van der Waals surface area contributed by atoms with Gasteiger partial charge in [-0.15, -0.1) is 0 Å². The Morgan fingerprint density at radius 3 is 2.58 bits per heavy atom. The molecule has 3 aromatic rings. The highest BCUT2D eigenvalue weighted by atomic mass is 16.6. The van der Waals surface area contributed by atoms with E-state index in [9.17, 15) is 9.59 Å². The van der Waals surface area contributed by atoms with Crippen LogP contribution in [-0.4, -0.2) is 43.4 Å². The van der Waals surface area contributed by atoms with E-state index in [0.29, 0.717) is 46.4 Å². The van der Waals surface area contributed by atoms with Crippen LogP contribution >= 0.6 is 0 Å². The predicted molar refractivity (Wildman–Crippen MR) is 135 cm³/mol. The lowest BCUT2D eigenvalue weighted by molar-refractivity contribution is -0.136. The molecule has 188 valence electrons. The van der Waals surface area contributed by atoms with Crippen LogP contribution in [0, 0.1) is 20.8 Å². The van der Waals surface area contributed by atoms with Gasteiger partial charge < -0.3 is 29.4 Å². The molecule has 0 saturated carbocycles. The number of aryl methyl sites for hydroxylation is 3. The van der Waals surface area contributed by atoms with Gasteiger partial charge in [0.2, 0.25) is 0 Å². The number of carbonyl (C=O) groups excluding carboxylic acids is 1. The van der Waals surface area contributed by atoms with Gasteiger partial charge in [0.25, 0.3) is 5.91 Å². The number of amides is 1. The normalized spacial score (nSPS) is 14.2. The third-order valence-electron chi connectivity index (χ3n) is 5.81. The summed E-state index contributed by atoms with van der Waals surface area (Å²) in [5.41, 5.74) is 4.13. The molecular formula is C28H29NO7. The Labute approximate surface area is 209 Å². The SMILES string of the molecule is COc1ccc2c(c1)O[C@H](COc1cc(C)c(C(=O)Nc3cc(C)cc(CC(=O)O)c3)cc1C)CO2. The number of fused-ring (bicyclic) bond motifs is 1. The molecule has 0 aliphatic carbocycles. The molecule has 0 unspecified atom stereocenters. The highest BCUT2D eigenvalue weighted by Gasteiger charge is 2.23. The van der Waals surface area contributed by atoms with Crippen molar-refractivity contribution in [2.24, 2.45) is 0 Å². The van der Waals surface area contributed by atoms with Crippen LogP contribution in [0.5, 0.6) is 23.0 Å². The molecule has 0 aromatic heterocycles. The van der Waals surface area contributed by atoms with Crippen molar-refractivity contribution >= 4 is 17.6 Å². The Morgan fingerprint density at radius 1 is 1.03 bits per heavy atom. The van der Waals surface area contributed by atoms with Gasteiger partial charge in [-0.05, 0) is 79.4 Å². The molecule has 0 radical (unpaired) electrons. The maximum absolute atomic E-state index is 13.0. The molecule has 1 atom stereocenters. The molecular weight excluding hydrogens is 462 g/mol. The number of hydrogen-bond acceptors (Lipinski definition) is 6. The second-order valence-corrected chi connectivity index (χ2v) is 8.84. The number of carboxylic acid groups (broad SMARTS) is 1. The molecule has 1 amide bonds. The summed E-state index contributed by atoms with van der Waals surface area (Å²) < 4.78 is 23.1. The van der Waals surface area contributed by atoms with Gasteiger partial charge in [-0.2, -0.15) is 0 Å². The third-order valence-corrected chi connectivity index (χ3v) is 5.81. The van der Waals surface area contributed by atoms with E-state index < -0.39 is 5.97 Å². The van der Waals surface area contributed by atoms with Gasteiger partial charge in [0.05, 0.1) is 13.5 Å². The number of nitrogens with one attached hydrogen (secondary N) is 1. The maximum atomic E-state index is 13.0. The maximum Gasteiger partial charge on any atom is 0.307 e. The second kappa shape index (κ2) is 10.6. The number of hydrogen-bond donors (Lipinski definition) is 2. The van der Waals surface area contributed by atoms with Crippen LogP contribution in [0.1, 0.15) is 32.6 Å². The van der Waals surface area contributed by atoms with Gasteiger partial charge in [0, 0.05) is 17.3 Å². The van der Waals surface area contributed by atoms with E-state index in [4.69, 9.17) is 24.1 Å². The van der Waals surface area contributed by atoms with Crippen molar-refractivity contribution in [1.29, 1.82) is 0 Å². The zero-order valence-corrected chi connectivity index (χ0v) is 20.7. The van der Waals surface area contributed by atoms with Crippen molar-refractivity contribution in [3.8, 4) is 23.0 Å². The van der Waals surface area contributed by atoms with Crippen molar-refractivity contribution in [1.82, 2.24) is 0 Å². The van der Waals surface area contributed by atoms with Crippen LogP contribution in [-0.2, 0) is 11.2 Å². The van der Waals surface area contributed by atoms with Crippen molar-refractivity contribution in [3.63, 3.8) is 0 Å². The Morgan fingerprint density at radius 2 is 1.83 bits per heavy atom. The number of methoxy groups -OCH3 is 1. The van der Waals surface area contributed by atoms with Crippen molar-refractivity contribution in [2.75, 3.05) is 25.6 Å². The molecule has 0 spiro atoms. The zero-order valence-electron chi connectivity index (χ0n) is 20.7. The summed E-state index contributed by atoms with van der Waals surface area (Å²) >= 11 is 0. The standard InChI is InChI=1S/C28H29NO7/c1-16-7-19(12-27(30)31)11-20(8-16)29-28(32)23-9-18(3)25(10-17(23)2)35-15-22-14-34-24-6-5-21(33-4)13-26(24)36-22/h5-11,13,22H,12,14-15H2,1-4H3,(H,29,32)(H,30,31)/t22-/m0/s1. The highest BCUT2D eigenvalue weighted by molar-refractivity contribution is 6.05. The number of rotatable bonds is 8. The molecule has 0 fully saturated rings. The zero-order chi connectivity index (χ0) is 25.8. The first-order valence-electron chi connectivity index (χ1n) is 11.6. The molecule has 2 N–H and O–H groups in total. The lowest BCUT2D eigenvalue weighted by atomic mass is 10.0. The number of carbonyl (C=O) groups is 2. The van der Waals surface area contributed by atoms with Gasteiger partial charge >= 0.3 is 5.97 Å². The first-order chi connectivity index (χ1) is 17.2. The van der Waals surface area contributed by atoms with E-state index >= 15 is 0 Å². The molecule has 1 heterocycles. The van der Waals surface area contributed by atoms with Gasteiger partial charge in [-0.1, -0.05) is 6.07 Å². The van der Waals surface area contributed by atoms with Crippen LogP contribution < -0.4 is 24.3 Å². The van der Waals surface area contributed by atoms with E-state index in [0.717, 1.165) is 16.7 Å². The molecule has 8 nitrogen and oxygen atoms in total. The molecule has 1 aliphatic heterocycles. The van der Waals surface area contributed by atoms with Gasteiger partial charge in [-0.3, -0.25) is 9.59 Å². The lowest BCUT2D eigenvalue weighted by Crippen LogP contribution is -2.34. The summed E-state index contributed by atoms with van der Waals surface area (Å²) in [4.78, 5) is 24.1. The quantitative estimate of drug-likeness (QED) is 0.470. The first kappa shape index (κ1) is 24.9. The Bertz CT molecular complexity index is 1300. The fraction of sp³-hybridized carbons (Fsp3) is 0.286. The number of anilines is 1. The van der Waals surface area contributed by atoms with Crippen LogP contribution in [0.4, 0.5) is 5.69 Å². The van der Waals surface area contributed by atoms with Gasteiger partial charge in [-0.25, -0.2) is 0 Å². The number of benzene rings is 3. The van der Waals surface area contributed by atoms with Gasteiger partial charge in [0.15, 0.2) is 17.6 Å². The fourth-order valence-electron chi connectivity index (χ4n) is 4.09. The fourth-order valence-corrected chi connectivity index (χ4v) is 4.09. The lowest BCUT2D eigenvalue weighted by Gasteiger charge is -2.27.